The van der Waals surface area contributed by atoms with Crippen LogP contribution in [0.2, 0.25) is 0 Å². The smallest absolute Gasteiger partial charge is 0.324 e. The monoisotopic (exact) mass is 847 g/mol. The van der Waals surface area contributed by atoms with Gasteiger partial charge in [-0.1, -0.05) is 46.8 Å². The van der Waals surface area contributed by atoms with Crippen LogP contribution in [-0.2, 0) is 41.6 Å². The number of amides is 3. The van der Waals surface area contributed by atoms with Gasteiger partial charge in [0.05, 0.1) is 23.9 Å². The van der Waals surface area contributed by atoms with E-state index < -0.39 is 47.4 Å². The number of esters is 1. The molecule has 5 heterocycles. The molecule has 4 aliphatic rings. The zero-order valence-electron chi connectivity index (χ0n) is 37.2. The van der Waals surface area contributed by atoms with E-state index >= 15 is 0 Å². The first-order chi connectivity index (χ1) is 29.6. The molecule has 62 heavy (non-hydrogen) atoms. The molecule has 6 bridgehead atoms. The van der Waals surface area contributed by atoms with Crippen molar-refractivity contribution < 1.29 is 33.8 Å². The van der Waals surface area contributed by atoms with Crippen LogP contribution in [0.1, 0.15) is 83.2 Å². The number of aromatic hydroxyl groups is 1. The number of hydrogen-bond donors (Lipinski definition) is 4. The first-order valence-electron chi connectivity index (χ1n) is 22.1. The van der Waals surface area contributed by atoms with Gasteiger partial charge in [-0.15, -0.1) is 0 Å². The fourth-order valence-electron chi connectivity index (χ4n) is 10.6. The summed E-state index contributed by atoms with van der Waals surface area (Å²) >= 11 is 0. The summed E-state index contributed by atoms with van der Waals surface area (Å²) in [7, 11) is 3.35. The average Bonchev–Trinajstić information content (AvgIpc) is 3.83. The number of fused-ring (bicyclic) bond motifs is 8. The lowest BCUT2D eigenvalue weighted by Crippen LogP contribution is -2.62. The van der Waals surface area contributed by atoms with Crippen molar-refractivity contribution in [2.75, 3.05) is 40.4 Å². The summed E-state index contributed by atoms with van der Waals surface area (Å²) in [5.74, 6) is -2.18. The van der Waals surface area contributed by atoms with Gasteiger partial charge in [0.1, 0.15) is 30.0 Å². The fraction of sp³-hybridized carbons (Fsp3) is 0.521. The number of carbonyl (C=O) groups excluding carboxylic acids is 4. The zero-order chi connectivity index (χ0) is 44.2. The van der Waals surface area contributed by atoms with E-state index in [-0.39, 0.29) is 48.4 Å². The summed E-state index contributed by atoms with van der Waals surface area (Å²) in [6.07, 6.45) is 2.34. The Morgan fingerprint density at radius 3 is 2.61 bits per heavy atom. The summed E-state index contributed by atoms with van der Waals surface area (Å²) < 4.78 is 14.9. The molecule has 14 heteroatoms. The summed E-state index contributed by atoms with van der Waals surface area (Å²) in [6, 6.07) is 12.8. The van der Waals surface area contributed by atoms with Gasteiger partial charge >= 0.3 is 5.97 Å². The normalized spacial score (nSPS) is 25.2. The van der Waals surface area contributed by atoms with Gasteiger partial charge in [0.15, 0.2) is 0 Å². The molecule has 0 saturated carbocycles. The molecule has 2 fully saturated rings. The van der Waals surface area contributed by atoms with Crippen molar-refractivity contribution >= 4 is 34.6 Å². The number of methoxy groups -OCH3 is 1. The highest BCUT2D eigenvalue weighted by atomic mass is 16.5. The lowest BCUT2D eigenvalue weighted by molar-refractivity contribution is -0.156. The number of carbonyl (C=O) groups is 4. The van der Waals surface area contributed by atoms with E-state index in [4.69, 9.17) is 14.5 Å². The van der Waals surface area contributed by atoms with E-state index in [1.807, 2.05) is 39.0 Å². The fourth-order valence-corrected chi connectivity index (χ4v) is 10.6. The van der Waals surface area contributed by atoms with Crippen molar-refractivity contribution in [2.24, 2.45) is 23.2 Å². The topological polar surface area (TPSA) is 167 Å². The van der Waals surface area contributed by atoms with Crippen molar-refractivity contribution in [2.45, 2.75) is 97.5 Å². The number of rotatable bonds is 7. The number of hydrogen-bond acceptors (Lipinski definition) is 10. The van der Waals surface area contributed by atoms with Crippen LogP contribution in [-0.4, -0.2) is 107 Å². The quantitative estimate of drug-likeness (QED) is 0.179. The highest BCUT2D eigenvalue weighted by molar-refractivity contribution is 5.97. The van der Waals surface area contributed by atoms with Gasteiger partial charge in [0.2, 0.25) is 11.8 Å². The van der Waals surface area contributed by atoms with Crippen molar-refractivity contribution in [1.29, 1.82) is 0 Å². The highest BCUT2D eigenvalue weighted by Gasteiger charge is 2.48. The maximum absolute atomic E-state index is 14.7. The molecular formula is C48H61N7O7. The summed E-state index contributed by atoms with van der Waals surface area (Å²) in [4.78, 5) is 63.4. The van der Waals surface area contributed by atoms with E-state index in [0.717, 1.165) is 51.1 Å². The first kappa shape index (κ1) is 43.3. The Labute approximate surface area is 363 Å². The highest BCUT2D eigenvalue weighted by Crippen LogP contribution is 2.57. The molecule has 4 N–H and O–H groups in total. The minimum Gasteiger partial charge on any atom is -0.508 e. The van der Waals surface area contributed by atoms with Crippen LogP contribution >= 0.6 is 0 Å². The number of pyridine rings is 1. The van der Waals surface area contributed by atoms with Gasteiger partial charge in [-0.2, -0.15) is 0 Å². The minimum atomic E-state index is -1.11. The molecule has 2 aromatic carbocycles. The van der Waals surface area contributed by atoms with Crippen LogP contribution in [0.15, 0.2) is 54.7 Å². The van der Waals surface area contributed by atoms with Crippen LogP contribution in [0, 0.1) is 23.2 Å². The average molecular weight is 848 g/mol. The number of phenols is 1. The molecule has 0 spiro atoms. The molecule has 4 aromatic rings. The van der Waals surface area contributed by atoms with Crippen molar-refractivity contribution in [3.05, 3.63) is 71.5 Å². The molecule has 7 atom stereocenters. The number of likely N-dealkylation sites (N-methyl/N-ethyl adjacent to an activating group) is 1. The van der Waals surface area contributed by atoms with Gasteiger partial charge in [-0.3, -0.25) is 29.2 Å². The molecule has 8 rings (SSSR count). The molecule has 3 aliphatic heterocycles. The molecule has 2 saturated heterocycles. The number of nitrogens with zero attached hydrogens (tertiary/aromatic N) is 4. The Balaban J connectivity index is 1.25. The standard InChI is InChI=1S/C48H61N7O7/c1-9-54-37-15-14-29-22-33(37)38-39(43(61-8)40-32(42(38)54)12-10-16-50-40)48(5,6)25-62-47(60)35-13-11-17-55(52-35)46(59)36(20-28-18-30(29)21-31(56)19-28)51-44(57)41(26(2)3)53(7)45(58)34-24-49-23-27(34)4/h10,12,14-16,18-19,21-22,26-27,34-36,39,41,43,49,52,56H,9,11,13,17,20,23-25H2,1-8H3,(H,51,57)/t27-,34+,35+,36+,39?,41+,43+/m1/s1. The lowest BCUT2D eigenvalue weighted by Gasteiger charge is -2.42. The Morgan fingerprint density at radius 1 is 1.11 bits per heavy atom. The molecule has 330 valence electrons. The summed E-state index contributed by atoms with van der Waals surface area (Å²) in [6.45, 7) is 14.4. The number of cyclic esters (lactones) is 1. The van der Waals surface area contributed by atoms with Crippen LogP contribution in [0.5, 0.6) is 5.75 Å². The second kappa shape index (κ2) is 17.1. The maximum Gasteiger partial charge on any atom is 0.324 e. The second-order valence-corrected chi connectivity index (χ2v) is 18.8. The molecule has 2 aromatic heterocycles. The van der Waals surface area contributed by atoms with E-state index in [1.165, 1.54) is 9.91 Å². The van der Waals surface area contributed by atoms with Gasteiger partial charge in [0, 0.05) is 74.2 Å². The van der Waals surface area contributed by atoms with E-state index in [9.17, 15) is 24.3 Å². The predicted molar refractivity (Wildman–Crippen MR) is 236 cm³/mol. The predicted octanol–water partition coefficient (Wildman–Crippen LogP) is 5.32. The SMILES string of the molecule is CCn1c2c3c4cc(ccc41)-c1cc(O)cc(c1)C[C@H](NC(=O)[C@H](C(C)C)N(C)C(=O)[C@H]1CNC[C@H]1C)C(=O)N1CCC[C@H](N1)C(=O)OCC(C)(C)C3[C@H](OC)c1ncccc1-2. The third-order valence-corrected chi connectivity index (χ3v) is 13.7. The van der Waals surface area contributed by atoms with Crippen molar-refractivity contribution in [1.82, 2.24) is 35.5 Å². The van der Waals surface area contributed by atoms with E-state index in [0.29, 0.717) is 38.0 Å². The zero-order valence-corrected chi connectivity index (χ0v) is 37.2. The molecular weight excluding hydrogens is 787 g/mol. The molecule has 3 amide bonds. The third kappa shape index (κ3) is 7.74. The first-order valence-corrected chi connectivity index (χ1v) is 22.1. The van der Waals surface area contributed by atoms with Gasteiger partial charge in [-0.05, 0) is 96.8 Å². The number of ether oxygens (including phenoxy) is 2. The van der Waals surface area contributed by atoms with Gasteiger partial charge in [-0.25, -0.2) is 5.43 Å². The molecule has 1 unspecified atom stereocenters. The second-order valence-electron chi connectivity index (χ2n) is 18.8. The number of aromatic nitrogens is 2. The Morgan fingerprint density at radius 2 is 1.90 bits per heavy atom. The van der Waals surface area contributed by atoms with E-state index in [2.05, 4.69) is 59.6 Å². The van der Waals surface area contributed by atoms with E-state index in [1.54, 1.807) is 32.5 Å². The Bertz CT molecular complexity index is 2390. The molecule has 14 nitrogen and oxygen atoms in total. The van der Waals surface area contributed by atoms with Crippen molar-refractivity contribution in [3.8, 4) is 28.1 Å². The minimum absolute atomic E-state index is 0.0136. The summed E-state index contributed by atoms with van der Waals surface area (Å²) in [5.41, 5.74) is 9.67. The van der Waals surface area contributed by atoms with Gasteiger partial charge in [0.25, 0.3) is 5.91 Å². The van der Waals surface area contributed by atoms with Crippen LogP contribution < -0.4 is 16.1 Å². The summed E-state index contributed by atoms with van der Waals surface area (Å²) in [5, 5.41) is 20.0. The number of phenolic OH excluding ortho intramolecular Hbond substituents is 1. The van der Waals surface area contributed by atoms with Crippen LogP contribution in [0.25, 0.3) is 33.3 Å². The largest absolute Gasteiger partial charge is 0.508 e. The Kier molecular flexibility index (Phi) is 12.0. The van der Waals surface area contributed by atoms with Crippen LogP contribution in [0.4, 0.5) is 0 Å². The number of aryl methyl sites for hydroxylation is 1. The van der Waals surface area contributed by atoms with Crippen LogP contribution in [0.3, 0.4) is 0 Å². The maximum atomic E-state index is 14.7. The molecule has 0 radical (unpaired) electrons. The van der Waals surface area contributed by atoms with Gasteiger partial charge < -0.3 is 34.7 Å². The number of hydrazine groups is 1. The Hall–Kier alpha value is -5.31. The third-order valence-electron chi connectivity index (χ3n) is 13.7. The molecule has 1 aliphatic carbocycles. The number of benzene rings is 2. The number of nitrogens with one attached hydrogen (secondary N) is 3. The van der Waals surface area contributed by atoms with Crippen molar-refractivity contribution in [3.63, 3.8) is 0 Å². The lowest BCUT2D eigenvalue weighted by atomic mass is 9.67.